The Labute approximate surface area is 118 Å². The standard InChI is InChI=1S/C12H21N3O4S/c1-8-5-12(6-8,10(13)15-17)11(16)14-9-3-2-4-20(18,19)7-9/h8-9,17H,2-7H2,1H3,(H2,13,15)(H,14,16). The summed E-state index contributed by atoms with van der Waals surface area (Å²) in [5.41, 5.74) is 4.68. The van der Waals surface area contributed by atoms with Gasteiger partial charge in [-0.3, -0.25) is 4.79 Å². The minimum absolute atomic E-state index is 0.0272. The molecular weight excluding hydrogens is 282 g/mol. The van der Waals surface area contributed by atoms with Crippen LogP contribution in [-0.4, -0.2) is 42.9 Å². The first kappa shape index (κ1) is 15.1. The molecule has 8 heteroatoms. The predicted octanol–water partition coefficient (Wildman–Crippen LogP) is -0.157. The molecule has 20 heavy (non-hydrogen) atoms. The summed E-state index contributed by atoms with van der Waals surface area (Å²) in [4.78, 5) is 12.4. The first-order valence-electron chi connectivity index (χ1n) is 6.78. The molecule has 1 saturated carbocycles. The van der Waals surface area contributed by atoms with Gasteiger partial charge >= 0.3 is 0 Å². The Bertz CT molecular complexity index is 523. The Morgan fingerprint density at radius 3 is 2.60 bits per heavy atom. The molecule has 1 heterocycles. The van der Waals surface area contributed by atoms with Crippen LogP contribution in [0.4, 0.5) is 0 Å². The van der Waals surface area contributed by atoms with Crippen molar-refractivity contribution in [3.63, 3.8) is 0 Å². The molecule has 1 amide bonds. The van der Waals surface area contributed by atoms with Gasteiger partial charge in [-0.15, -0.1) is 0 Å². The zero-order valence-corrected chi connectivity index (χ0v) is 12.3. The molecule has 1 saturated heterocycles. The number of oxime groups is 1. The summed E-state index contributed by atoms with van der Waals surface area (Å²) in [5.74, 6) is 0.0680. The molecule has 4 N–H and O–H groups in total. The van der Waals surface area contributed by atoms with Gasteiger partial charge in [0.15, 0.2) is 15.7 Å². The molecule has 0 radical (unpaired) electrons. The van der Waals surface area contributed by atoms with Gasteiger partial charge in [0, 0.05) is 6.04 Å². The molecule has 7 nitrogen and oxygen atoms in total. The highest BCUT2D eigenvalue weighted by Crippen LogP contribution is 2.46. The van der Waals surface area contributed by atoms with Crippen molar-refractivity contribution in [2.45, 2.75) is 38.6 Å². The number of hydrogen-bond acceptors (Lipinski definition) is 5. The van der Waals surface area contributed by atoms with Crippen LogP contribution in [0.3, 0.4) is 0 Å². The maximum absolute atomic E-state index is 12.4. The van der Waals surface area contributed by atoms with Crippen molar-refractivity contribution in [2.75, 3.05) is 11.5 Å². The normalized spacial score (nSPS) is 37.0. The molecule has 114 valence electrons. The van der Waals surface area contributed by atoms with Crippen LogP contribution in [0.25, 0.3) is 0 Å². The second kappa shape index (κ2) is 5.23. The number of hydrogen-bond donors (Lipinski definition) is 3. The van der Waals surface area contributed by atoms with Gasteiger partial charge < -0.3 is 16.3 Å². The smallest absolute Gasteiger partial charge is 0.234 e. The largest absolute Gasteiger partial charge is 0.409 e. The summed E-state index contributed by atoms with van der Waals surface area (Å²) in [5, 5.41) is 14.6. The SMILES string of the molecule is CC1CC(C(=O)NC2CCCS(=O)(=O)C2)(C(N)=NO)C1. The van der Waals surface area contributed by atoms with Crippen molar-refractivity contribution in [3.8, 4) is 0 Å². The van der Waals surface area contributed by atoms with Crippen molar-refractivity contribution in [3.05, 3.63) is 0 Å². The third kappa shape index (κ3) is 2.74. The average Bonchev–Trinajstić information content (AvgIpc) is 2.32. The van der Waals surface area contributed by atoms with Crippen LogP contribution in [0.1, 0.15) is 32.6 Å². The van der Waals surface area contributed by atoms with Crippen LogP contribution in [0.2, 0.25) is 0 Å². The lowest BCUT2D eigenvalue weighted by molar-refractivity contribution is -0.133. The monoisotopic (exact) mass is 303 g/mol. The molecule has 1 atom stereocenters. The van der Waals surface area contributed by atoms with Crippen molar-refractivity contribution in [1.29, 1.82) is 0 Å². The molecule has 0 bridgehead atoms. The van der Waals surface area contributed by atoms with Crippen LogP contribution >= 0.6 is 0 Å². The van der Waals surface area contributed by atoms with E-state index in [1.807, 2.05) is 6.92 Å². The van der Waals surface area contributed by atoms with E-state index in [4.69, 9.17) is 10.9 Å². The minimum atomic E-state index is -3.07. The minimum Gasteiger partial charge on any atom is -0.409 e. The highest BCUT2D eigenvalue weighted by molar-refractivity contribution is 7.91. The fraction of sp³-hybridized carbons (Fsp3) is 0.833. The molecule has 0 spiro atoms. The van der Waals surface area contributed by atoms with E-state index in [2.05, 4.69) is 10.5 Å². The highest BCUT2D eigenvalue weighted by atomic mass is 32.2. The topological polar surface area (TPSA) is 122 Å². The number of carbonyl (C=O) groups excluding carboxylic acids is 1. The molecule has 0 aromatic heterocycles. The van der Waals surface area contributed by atoms with Gasteiger partial charge in [-0.25, -0.2) is 8.42 Å². The van der Waals surface area contributed by atoms with Gasteiger partial charge in [-0.05, 0) is 31.6 Å². The summed E-state index contributed by atoms with van der Waals surface area (Å²) >= 11 is 0. The van der Waals surface area contributed by atoms with E-state index in [1.165, 1.54) is 0 Å². The molecule has 1 aliphatic heterocycles. The fourth-order valence-corrected chi connectivity index (χ4v) is 4.83. The number of sulfone groups is 1. The molecule has 2 fully saturated rings. The Hall–Kier alpha value is -1.31. The first-order valence-corrected chi connectivity index (χ1v) is 8.60. The van der Waals surface area contributed by atoms with Gasteiger partial charge in [0.1, 0.15) is 5.41 Å². The zero-order valence-electron chi connectivity index (χ0n) is 11.5. The highest BCUT2D eigenvalue weighted by Gasteiger charge is 2.52. The van der Waals surface area contributed by atoms with E-state index < -0.39 is 15.3 Å². The van der Waals surface area contributed by atoms with Crippen molar-refractivity contribution in [2.24, 2.45) is 22.2 Å². The average molecular weight is 303 g/mol. The third-order valence-corrected chi connectivity index (χ3v) is 6.05. The quantitative estimate of drug-likeness (QED) is 0.289. The number of carbonyl (C=O) groups is 1. The molecule has 0 aromatic carbocycles. The van der Waals surface area contributed by atoms with E-state index in [9.17, 15) is 13.2 Å². The van der Waals surface area contributed by atoms with Crippen LogP contribution < -0.4 is 11.1 Å². The second-order valence-corrected chi connectivity index (χ2v) is 8.24. The van der Waals surface area contributed by atoms with E-state index in [0.717, 1.165) is 0 Å². The van der Waals surface area contributed by atoms with Gasteiger partial charge in [0.25, 0.3) is 0 Å². The first-order chi connectivity index (χ1) is 9.29. The van der Waals surface area contributed by atoms with E-state index in [1.54, 1.807) is 0 Å². The molecular formula is C12H21N3O4S. The molecule has 0 aromatic rings. The van der Waals surface area contributed by atoms with Crippen LogP contribution in [0.15, 0.2) is 5.16 Å². The Balaban J connectivity index is 2.07. The number of nitrogens with one attached hydrogen (secondary N) is 1. The third-order valence-electron chi connectivity index (χ3n) is 4.22. The van der Waals surface area contributed by atoms with Crippen molar-refractivity contribution in [1.82, 2.24) is 5.32 Å². The summed E-state index contributed by atoms with van der Waals surface area (Å²) in [6.45, 7) is 1.99. The lowest BCUT2D eigenvalue weighted by Crippen LogP contribution is -2.59. The van der Waals surface area contributed by atoms with Crippen LogP contribution in [0, 0.1) is 11.3 Å². The molecule has 2 rings (SSSR count). The van der Waals surface area contributed by atoms with Gasteiger partial charge in [0.05, 0.1) is 11.5 Å². The van der Waals surface area contributed by atoms with Gasteiger partial charge in [0.2, 0.25) is 5.91 Å². The Morgan fingerprint density at radius 1 is 1.45 bits per heavy atom. The van der Waals surface area contributed by atoms with Crippen molar-refractivity contribution < 1.29 is 18.4 Å². The number of amidine groups is 1. The lowest BCUT2D eigenvalue weighted by Gasteiger charge is -2.44. The number of nitrogens with two attached hydrogens (primary N) is 1. The van der Waals surface area contributed by atoms with E-state index >= 15 is 0 Å². The Kier molecular flexibility index (Phi) is 3.95. The lowest BCUT2D eigenvalue weighted by atomic mass is 9.61. The van der Waals surface area contributed by atoms with Gasteiger partial charge in [-0.1, -0.05) is 12.1 Å². The molecule has 1 aliphatic carbocycles. The predicted molar refractivity (Wildman–Crippen MR) is 74.1 cm³/mol. The zero-order chi connectivity index (χ0) is 15.0. The van der Waals surface area contributed by atoms with Gasteiger partial charge in [-0.2, -0.15) is 0 Å². The number of rotatable bonds is 3. The van der Waals surface area contributed by atoms with Crippen LogP contribution in [-0.2, 0) is 14.6 Å². The second-order valence-electron chi connectivity index (χ2n) is 6.01. The number of nitrogens with zero attached hydrogens (tertiary/aromatic N) is 1. The molecule has 2 aliphatic rings. The maximum atomic E-state index is 12.4. The van der Waals surface area contributed by atoms with E-state index in [-0.39, 0.29) is 29.3 Å². The van der Waals surface area contributed by atoms with E-state index in [0.29, 0.717) is 31.6 Å². The van der Waals surface area contributed by atoms with Crippen LogP contribution in [0.5, 0.6) is 0 Å². The summed E-state index contributed by atoms with van der Waals surface area (Å²) < 4.78 is 23.2. The summed E-state index contributed by atoms with van der Waals surface area (Å²) in [6.07, 6.45) is 2.25. The number of amides is 1. The summed E-state index contributed by atoms with van der Waals surface area (Å²) in [6, 6.07) is -0.375. The Morgan fingerprint density at radius 2 is 2.10 bits per heavy atom. The summed E-state index contributed by atoms with van der Waals surface area (Å²) in [7, 11) is -3.07. The fourth-order valence-electron chi connectivity index (χ4n) is 3.20. The van der Waals surface area contributed by atoms with Crippen molar-refractivity contribution >= 4 is 21.6 Å². The maximum Gasteiger partial charge on any atom is 0.234 e. The molecule has 1 unspecified atom stereocenters.